The summed E-state index contributed by atoms with van der Waals surface area (Å²) >= 11 is 0. The molecular weight excluding hydrogens is 288 g/mol. The summed E-state index contributed by atoms with van der Waals surface area (Å²) in [6, 6.07) is 8.52. The summed E-state index contributed by atoms with van der Waals surface area (Å²) in [7, 11) is 1.67. The molecular formula is C19H26N2O2. The molecule has 2 aromatic rings. The molecule has 0 unspecified atom stereocenters. The van der Waals surface area contributed by atoms with Gasteiger partial charge in [-0.25, -0.2) is 4.98 Å². The first kappa shape index (κ1) is 16.1. The number of oxazole rings is 1. The van der Waals surface area contributed by atoms with Gasteiger partial charge in [-0.2, -0.15) is 0 Å². The number of nitrogens with zero attached hydrogens (tertiary/aromatic N) is 2. The number of methoxy groups -OCH3 is 1. The van der Waals surface area contributed by atoms with E-state index in [9.17, 15) is 0 Å². The molecule has 1 aliphatic rings. The zero-order chi connectivity index (χ0) is 16.1. The molecule has 0 amide bonds. The Morgan fingerprint density at radius 1 is 1.17 bits per heavy atom. The van der Waals surface area contributed by atoms with Gasteiger partial charge in [-0.05, 0) is 43.7 Å². The summed E-state index contributed by atoms with van der Waals surface area (Å²) in [5.74, 6) is 1.53. The lowest BCUT2D eigenvalue weighted by Crippen LogP contribution is -2.36. The molecule has 1 aliphatic carbocycles. The summed E-state index contributed by atoms with van der Waals surface area (Å²) in [5, 5.41) is 0. The van der Waals surface area contributed by atoms with Crippen molar-refractivity contribution in [1.29, 1.82) is 0 Å². The maximum atomic E-state index is 5.68. The number of ether oxygens (including phenoxy) is 1. The van der Waals surface area contributed by atoms with Gasteiger partial charge in [0.2, 0.25) is 5.89 Å². The van der Waals surface area contributed by atoms with Gasteiger partial charge in [0.05, 0.1) is 12.8 Å². The largest absolute Gasteiger partial charge is 0.497 e. The smallest absolute Gasteiger partial charge is 0.226 e. The molecule has 0 N–H and O–H groups in total. The molecule has 1 heterocycles. The SMILES string of the molecule is CCN(Cc1coc(-c2ccc(OC)cc2)n1)C1CCCCC1. The first-order valence-corrected chi connectivity index (χ1v) is 8.63. The highest BCUT2D eigenvalue weighted by Crippen LogP contribution is 2.25. The number of rotatable bonds is 6. The fraction of sp³-hybridized carbons (Fsp3) is 0.526. The molecule has 3 rings (SSSR count). The molecule has 1 fully saturated rings. The average molecular weight is 314 g/mol. The van der Waals surface area contributed by atoms with Crippen molar-refractivity contribution in [2.45, 2.75) is 51.6 Å². The molecule has 0 atom stereocenters. The molecule has 23 heavy (non-hydrogen) atoms. The fourth-order valence-electron chi connectivity index (χ4n) is 3.40. The Morgan fingerprint density at radius 2 is 1.91 bits per heavy atom. The summed E-state index contributed by atoms with van der Waals surface area (Å²) in [4.78, 5) is 7.21. The lowest BCUT2D eigenvalue weighted by atomic mass is 9.94. The van der Waals surface area contributed by atoms with Gasteiger partial charge in [0.1, 0.15) is 12.0 Å². The third kappa shape index (κ3) is 3.94. The molecule has 1 aromatic heterocycles. The van der Waals surface area contributed by atoms with Crippen LogP contribution in [0.1, 0.15) is 44.7 Å². The Bertz CT molecular complexity index is 600. The predicted molar refractivity (Wildman–Crippen MR) is 91.4 cm³/mol. The van der Waals surface area contributed by atoms with E-state index >= 15 is 0 Å². The second kappa shape index (κ2) is 7.64. The number of hydrogen-bond donors (Lipinski definition) is 0. The van der Waals surface area contributed by atoms with Crippen LogP contribution in [0.3, 0.4) is 0 Å². The van der Waals surface area contributed by atoms with Crippen molar-refractivity contribution in [3.05, 3.63) is 36.2 Å². The van der Waals surface area contributed by atoms with E-state index in [-0.39, 0.29) is 0 Å². The first-order valence-electron chi connectivity index (χ1n) is 8.63. The van der Waals surface area contributed by atoms with Crippen molar-refractivity contribution in [2.24, 2.45) is 0 Å². The summed E-state index contributed by atoms with van der Waals surface area (Å²) in [6.45, 7) is 4.18. The molecule has 0 spiro atoms. The second-order valence-corrected chi connectivity index (χ2v) is 6.23. The van der Waals surface area contributed by atoms with E-state index in [1.807, 2.05) is 24.3 Å². The van der Waals surface area contributed by atoms with Crippen molar-refractivity contribution >= 4 is 0 Å². The zero-order valence-electron chi connectivity index (χ0n) is 14.1. The van der Waals surface area contributed by atoms with Crippen LogP contribution in [0.25, 0.3) is 11.5 Å². The lowest BCUT2D eigenvalue weighted by Gasteiger charge is -2.32. The van der Waals surface area contributed by atoms with Gasteiger partial charge in [0.25, 0.3) is 0 Å². The molecule has 124 valence electrons. The Kier molecular flexibility index (Phi) is 5.34. The minimum atomic E-state index is 0.683. The minimum Gasteiger partial charge on any atom is -0.497 e. The molecule has 1 aromatic carbocycles. The first-order chi connectivity index (χ1) is 11.3. The van der Waals surface area contributed by atoms with Crippen LogP contribution in [0, 0.1) is 0 Å². The van der Waals surface area contributed by atoms with Gasteiger partial charge in [-0.1, -0.05) is 26.2 Å². The predicted octanol–water partition coefficient (Wildman–Crippen LogP) is 4.50. The normalized spacial score (nSPS) is 16.0. The Morgan fingerprint density at radius 3 is 2.57 bits per heavy atom. The summed E-state index contributed by atoms with van der Waals surface area (Å²) < 4.78 is 10.9. The third-order valence-electron chi connectivity index (χ3n) is 4.75. The van der Waals surface area contributed by atoms with E-state index < -0.39 is 0 Å². The van der Waals surface area contributed by atoms with Crippen LogP contribution < -0.4 is 4.74 Å². The zero-order valence-corrected chi connectivity index (χ0v) is 14.1. The number of aromatic nitrogens is 1. The highest BCUT2D eigenvalue weighted by molar-refractivity contribution is 5.54. The highest BCUT2D eigenvalue weighted by Gasteiger charge is 2.21. The molecule has 1 saturated carbocycles. The average Bonchev–Trinajstić information content (AvgIpc) is 3.09. The van der Waals surface area contributed by atoms with E-state index in [4.69, 9.17) is 9.15 Å². The van der Waals surface area contributed by atoms with E-state index in [1.165, 1.54) is 32.1 Å². The van der Waals surface area contributed by atoms with Crippen molar-refractivity contribution in [1.82, 2.24) is 9.88 Å². The van der Waals surface area contributed by atoms with Crippen LogP contribution in [0.5, 0.6) is 5.75 Å². The maximum absolute atomic E-state index is 5.68. The Balaban J connectivity index is 1.67. The van der Waals surface area contributed by atoms with Gasteiger partial charge < -0.3 is 9.15 Å². The molecule has 0 aliphatic heterocycles. The van der Waals surface area contributed by atoms with E-state index in [0.717, 1.165) is 30.1 Å². The summed E-state index contributed by atoms with van der Waals surface area (Å²) in [5.41, 5.74) is 2.00. The van der Waals surface area contributed by atoms with Crippen LogP contribution in [0.2, 0.25) is 0 Å². The third-order valence-corrected chi connectivity index (χ3v) is 4.75. The topological polar surface area (TPSA) is 38.5 Å². The molecule has 0 saturated heterocycles. The minimum absolute atomic E-state index is 0.683. The van der Waals surface area contributed by atoms with E-state index in [0.29, 0.717) is 11.9 Å². The highest BCUT2D eigenvalue weighted by atomic mass is 16.5. The van der Waals surface area contributed by atoms with Crippen LogP contribution in [0.15, 0.2) is 34.9 Å². The van der Waals surface area contributed by atoms with E-state index in [1.54, 1.807) is 13.4 Å². The molecule has 4 nitrogen and oxygen atoms in total. The second-order valence-electron chi connectivity index (χ2n) is 6.23. The van der Waals surface area contributed by atoms with Crippen LogP contribution in [-0.4, -0.2) is 29.6 Å². The molecule has 4 heteroatoms. The fourth-order valence-corrected chi connectivity index (χ4v) is 3.40. The van der Waals surface area contributed by atoms with Crippen molar-refractivity contribution in [3.63, 3.8) is 0 Å². The Hall–Kier alpha value is -1.81. The van der Waals surface area contributed by atoms with Gasteiger partial charge >= 0.3 is 0 Å². The number of hydrogen-bond acceptors (Lipinski definition) is 4. The van der Waals surface area contributed by atoms with Crippen LogP contribution >= 0.6 is 0 Å². The van der Waals surface area contributed by atoms with Gasteiger partial charge in [-0.15, -0.1) is 0 Å². The van der Waals surface area contributed by atoms with Gasteiger partial charge in [0, 0.05) is 18.2 Å². The van der Waals surface area contributed by atoms with Crippen molar-refractivity contribution in [2.75, 3.05) is 13.7 Å². The standard InChI is InChI=1S/C19H26N2O2/c1-3-21(17-7-5-4-6-8-17)13-16-14-23-19(20-16)15-9-11-18(22-2)12-10-15/h9-12,14,17H,3-8,13H2,1-2H3. The lowest BCUT2D eigenvalue weighted by molar-refractivity contribution is 0.154. The molecule has 0 radical (unpaired) electrons. The van der Waals surface area contributed by atoms with Crippen LogP contribution in [0.4, 0.5) is 0 Å². The van der Waals surface area contributed by atoms with Gasteiger partial charge in [0.15, 0.2) is 0 Å². The number of benzene rings is 1. The monoisotopic (exact) mass is 314 g/mol. The van der Waals surface area contributed by atoms with Crippen molar-refractivity contribution < 1.29 is 9.15 Å². The van der Waals surface area contributed by atoms with Crippen molar-refractivity contribution in [3.8, 4) is 17.2 Å². The molecule has 0 bridgehead atoms. The maximum Gasteiger partial charge on any atom is 0.226 e. The van der Waals surface area contributed by atoms with Crippen LogP contribution in [-0.2, 0) is 6.54 Å². The van der Waals surface area contributed by atoms with Gasteiger partial charge in [-0.3, -0.25) is 4.90 Å². The van der Waals surface area contributed by atoms with E-state index in [2.05, 4.69) is 16.8 Å². The quantitative estimate of drug-likeness (QED) is 0.786. The Labute approximate surface area is 138 Å². The summed E-state index contributed by atoms with van der Waals surface area (Å²) in [6.07, 6.45) is 8.53.